The molecule has 0 radical (unpaired) electrons. The van der Waals surface area contributed by atoms with E-state index in [2.05, 4.69) is 15.5 Å². The highest BCUT2D eigenvalue weighted by Gasteiger charge is 2.23. The molecule has 0 fully saturated rings. The van der Waals surface area contributed by atoms with Gasteiger partial charge >= 0.3 is 5.69 Å². The number of rotatable bonds is 4. The van der Waals surface area contributed by atoms with Gasteiger partial charge in [0.1, 0.15) is 5.82 Å². The van der Waals surface area contributed by atoms with Crippen LogP contribution >= 0.6 is 0 Å². The summed E-state index contributed by atoms with van der Waals surface area (Å²) >= 11 is 0. The lowest BCUT2D eigenvalue weighted by molar-refractivity contribution is -0.387. The second-order valence-electron chi connectivity index (χ2n) is 4.27. The lowest BCUT2D eigenvalue weighted by Gasteiger charge is -2.12. The number of amides is 1. The van der Waals surface area contributed by atoms with Crippen molar-refractivity contribution in [2.24, 2.45) is 0 Å². The fraction of sp³-hybridized carbons (Fsp3) is 0.167. The zero-order valence-electron chi connectivity index (χ0n) is 10.8. The van der Waals surface area contributed by atoms with Crippen LogP contribution in [0.5, 0.6) is 0 Å². The number of aromatic amines is 1. The van der Waals surface area contributed by atoms with Crippen LogP contribution in [0.2, 0.25) is 0 Å². The SMILES string of the molecule is CC(NC(=O)c1cc([N+](=O)[O-])c(F)cc1F)c1cn[nH]c1. The second kappa shape index (κ2) is 5.65. The molecule has 21 heavy (non-hydrogen) atoms. The molecule has 7 nitrogen and oxygen atoms in total. The van der Waals surface area contributed by atoms with Gasteiger partial charge in [-0.3, -0.25) is 20.0 Å². The summed E-state index contributed by atoms with van der Waals surface area (Å²) in [5.74, 6) is -3.39. The lowest BCUT2D eigenvalue weighted by Crippen LogP contribution is -2.27. The maximum Gasteiger partial charge on any atom is 0.305 e. The van der Waals surface area contributed by atoms with Gasteiger partial charge in [-0.15, -0.1) is 0 Å². The van der Waals surface area contributed by atoms with Gasteiger partial charge in [0.15, 0.2) is 0 Å². The minimum Gasteiger partial charge on any atom is -0.345 e. The number of H-pyrrole nitrogens is 1. The van der Waals surface area contributed by atoms with Crippen LogP contribution < -0.4 is 5.32 Å². The molecule has 0 bridgehead atoms. The Morgan fingerprint density at radius 2 is 2.14 bits per heavy atom. The number of nitrogens with zero attached hydrogens (tertiary/aromatic N) is 2. The van der Waals surface area contributed by atoms with Crippen molar-refractivity contribution in [1.82, 2.24) is 15.5 Å². The summed E-state index contributed by atoms with van der Waals surface area (Å²) in [4.78, 5) is 21.5. The number of hydrogen-bond acceptors (Lipinski definition) is 4. The molecule has 1 atom stereocenters. The highest BCUT2D eigenvalue weighted by atomic mass is 19.1. The summed E-state index contributed by atoms with van der Waals surface area (Å²) in [5.41, 5.74) is -0.920. The van der Waals surface area contributed by atoms with Crippen LogP contribution in [-0.4, -0.2) is 21.0 Å². The average Bonchev–Trinajstić information content (AvgIpc) is 2.91. The van der Waals surface area contributed by atoms with Gasteiger partial charge in [0, 0.05) is 23.9 Å². The van der Waals surface area contributed by atoms with Crippen molar-refractivity contribution >= 4 is 11.6 Å². The smallest absolute Gasteiger partial charge is 0.305 e. The Hall–Kier alpha value is -2.84. The van der Waals surface area contributed by atoms with Gasteiger partial charge in [-0.25, -0.2) is 4.39 Å². The fourth-order valence-corrected chi connectivity index (χ4v) is 1.71. The third-order valence-electron chi connectivity index (χ3n) is 2.84. The van der Waals surface area contributed by atoms with E-state index in [0.717, 1.165) is 0 Å². The molecule has 2 aromatic rings. The third-order valence-corrected chi connectivity index (χ3v) is 2.84. The van der Waals surface area contributed by atoms with Crippen LogP contribution in [0.25, 0.3) is 0 Å². The van der Waals surface area contributed by atoms with Crippen molar-refractivity contribution < 1.29 is 18.5 Å². The van der Waals surface area contributed by atoms with Crippen molar-refractivity contribution in [1.29, 1.82) is 0 Å². The van der Waals surface area contributed by atoms with Gasteiger partial charge in [-0.05, 0) is 6.92 Å². The average molecular weight is 296 g/mol. The molecule has 1 heterocycles. The Morgan fingerprint density at radius 3 is 2.71 bits per heavy atom. The van der Waals surface area contributed by atoms with Gasteiger partial charge in [-0.2, -0.15) is 9.49 Å². The van der Waals surface area contributed by atoms with E-state index in [1.54, 1.807) is 6.92 Å². The predicted octanol–water partition coefficient (Wildman–Crippen LogP) is 2.09. The van der Waals surface area contributed by atoms with E-state index >= 15 is 0 Å². The molecule has 0 spiro atoms. The summed E-state index contributed by atoms with van der Waals surface area (Å²) in [5, 5.41) is 19.3. The van der Waals surface area contributed by atoms with Gasteiger partial charge in [-0.1, -0.05) is 0 Å². The monoisotopic (exact) mass is 296 g/mol. The molecule has 9 heteroatoms. The largest absolute Gasteiger partial charge is 0.345 e. The number of hydrogen-bond donors (Lipinski definition) is 2. The van der Waals surface area contributed by atoms with Gasteiger partial charge < -0.3 is 5.32 Å². The normalized spacial score (nSPS) is 12.0. The third kappa shape index (κ3) is 3.02. The van der Waals surface area contributed by atoms with E-state index in [4.69, 9.17) is 0 Å². The molecular formula is C12H10F2N4O3. The van der Waals surface area contributed by atoms with Crippen LogP contribution in [-0.2, 0) is 0 Å². The zero-order chi connectivity index (χ0) is 15.6. The van der Waals surface area contributed by atoms with Crippen LogP contribution in [0.15, 0.2) is 24.5 Å². The topological polar surface area (TPSA) is 101 Å². The summed E-state index contributed by atoms with van der Waals surface area (Å²) < 4.78 is 26.8. The molecule has 1 unspecified atom stereocenters. The lowest BCUT2D eigenvalue weighted by atomic mass is 10.1. The maximum atomic E-state index is 13.6. The predicted molar refractivity (Wildman–Crippen MR) is 67.5 cm³/mol. The van der Waals surface area contributed by atoms with E-state index in [9.17, 15) is 23.7 Å². The molecule has 2 rings (SSSR count). The van der Waals surface area contributed by atoms with Crippen LogP contribution in [0.3, 0.4) is 0 Å². The highest BCUT2D eigenvalue weighted by molar-refractivity contribution is 5.95. The van der Waals surface area contributed by atoms with Crippen molar-refractivity contribution in [3.63, 3.8) is 0 Å². The molecule has 1 amide bonds. The van der Waals surface area contributed by atoms with Gasteiger partial charge in [0.05, 0.1) is 22.7 Å². The second-order valence-corrected chi connectivity index (χ2v) is 4.27. The molecule has 110 valence electrons. The Morgan fingerprint density at radius 1 is 1.43 bits per heavy atom. The molecule has 0 aliphatic rings. The van der Waals surface area contributed by atoms with Crippen LogP contribution in [0.1, 0.15) is 28.9 Å². The minimum absolute atomic E-state index is 0.315. The number of aromatic nitrogens is 2. The van der Waals surface area contributed by atoms with Crippen molar-refractivity contribution in [2.75, 3.05) is 0 Å². The van der Waals surface area contributed by atoms with E-state index in [1.165, 1.54) is 12.4 Å². The number of carbonyl (C=O) groups excluding carboxylic acids is 1. The number of carbonyl (C=O) groups is 1. The Kier molecular flexibility index (Phi) is 3.92. The molecule has 0 aliphatic carbocycles. The first kappa shape index (κ1) is 14.6. The first-order valence-corrected chi connectivity index (χ1v) is 5.83. The van der Waals surface area contributed by atoms with E-state index in [0.29, 0.717) is 17.7 Å². The quantitative estimate of drug-likeness (QED) is 0.666. The molecule has 1 aromatic carbocycles. The first-order valence-electron chi connectivity index (χ1n) is 5.83. The zero-order valence-corrected chi connectivity index (χ0v) is 10.8. The summed E-state index contributed by atoms with van der Waals surface area (Å²) in [6.45, 7) is 1.62. The first-order chi connectivity index (χ1) is 9.90. The Balaban J connectivity index is 2.27. The Bertz CT molecular complexity index is 688. The number of nitro benzene ring substituents is 1. The Labute approximate surface area is 117 Å². The number of halogens is 2. The van der Waals surface area contributed by atoms with Crippen molar-refractivity contribution in [2.45, 2.75) is 13.0 Å². The summed E-state index contributed by atoms with van der Waals surface area (Å²) in [7, 11) is 0. The van der Waals surface area contributed by atoms with E-state index < -0.39 is 39.8 Å². The van der Waals surface area contributed by atoms with Gasteiger partial charge in [0.2, 0.25) is 5.82 Å². The molecule has 1 aromatic heterocycles. The summed E-state index contributed by atoms with van der Waals surface area (Å²) in [6, 6.07) is 0.386. The van der Waals surface area contributed by atoms with Crippen LogP contribution in [0, 0.1) is 21.7 Å². The highest BCUT2D eigenvalue weighted by Crippen LogP contribution is 2.22. The number of nitrogens with one attached hydrogen (secondary N) is 2. The summed E-state index contributed by atoms with van der Waals surface area (Å²) in [6.07, 6.45) is 3.00. The molecular weight excluding hydrogens is 286 g/mol. The molecule has 0 saturated carbocycles. The number of benzene rings is 1. The minimum atomic E-state index is -1.34. The fourth-order valence-electron chi connectivity index (χ4n) is 1.71. The van der Waals surface area contributed by atoms with Gasteiger partial charge in [0.25, 0.3) is 5.91 Å². The van der Waals surface area contributed by atoms with Crippen LogP contribution in [0.4, 0.5) is 14.5 Å². The standard InChI is InChI=1S/C12H10F2N4O3/c1-6(7-4-15-16-5-7)17-12(19)8-2-11(18(20)21)10(14)3-9(8)13/h2-6H,1H3,(H,15,16)(H,17,19). The van der Waals surface area contributed by atoms with E-state index in [1.807, 2.05) is 0 Å². The molecule has 2 N–H and O–H groups in total. The van der Waals surface area contributed by atoms with E-state index in [-0.39, 0.29) is 0 Å². The molecule has 0 saturated heterocycles. The molecule has 0 aliphatic heterocycles. The maximum absolute atomic E-state index is 13.6. The number of nitro groups is 1. The van der Waals surface area contributed by atoms with Crippen molar-refractivity contribution in [3.05, 3.63) is 57.4 Å². The van der Waals surface area contributed by atoms with Crippen molar-refractivity contribution in [3.8, 4) is 0 Å².